The van der Waals surface area contributed by atoms with Gasteiger partial charge in [-0.2, -0.15) is 0 Å². The molecular weight excluding hydrogens is 280 g/mol. The van der Waals surface area contributed by atoms with Gasteiger partial charge < -0.3 is 10.4 Å². The van der Waals surface area contributed by atoms with Crippen LogP contribution in [0.5, 0.6) is 0 Å². The van der Waals surface area contributed by atoms with Crippen LogP contribution < -0.4 is 5.32 Å². The summed E-state index contributed by atoms with van der Waals surface area (Å²) in [6.45, 7) is 2.93. The first-order valence-electron chi connectivity index (χ1n) is 7.06. The molecule has 1 saturated carbocycles. The maximum atomic E-state index is 13.7. The second-order valence-electron chi connectivity index (χ2n) is 5.38. The molecule has 1 aromatic carbocycles. The second-order valence-corrected chi connectivity index (χ2v) is 6.72. The number of rotatable bonds is 5. The summed E-state index contributed by atoms with van der Waals surface area (Å²) in [5.41, 5.74) is -0.249. The zero-order valence-corrected chi connectivity index (χ0v) is 12.5. The van der Waals surface area contributed by atoms with E-state index in [0.29, 0.717) is 4.90 Å². The van der Waals surface area contributed by atoms with Crippen LogP contribution in [-0.4, -0.2) is 29.0 Å². The molecule has 2 N–H and O–H groups in total. The van der Waals surface area contributed by atoms with Gasteiger partial charge in [0.25, 0.3) is 0 Å². The van der Waals surface area contributed by atoms with E-state index in [9.17, 15) is 13.9 Å². The number of hydrogen-bond donors (Lipinski definition) is 2. The Balaban J connectivity index is 2.05. The zero-order valence-electron chi connectivity index (χ0n) is 11.7. The molecular formula is C15H21F2NOS. The summed E-state index contributed by atoms with van der Waals surface area (Å²) in [6.07, 6.45) is 3.75. The van der Waals surface area contributed by atoms with Crippen LogP contribution >= 0.6 is 11.8 Å². The minimum absolute atomic E-state index is 0.101. The van der Waals surface area contributed by atoms with Gasteiger partial charge in [-0.05, 0) is 37.9 Å². The number of aliphatic hydroxyl groups is 1. The summed E-state index contributed by atoms with van der Waals surface area (Å²) in [5.74, 6) is -1.05. The zero-order chi connectivity index (χ0) is 14.6. The first-order chi connectivity index (χ1) is 9.58. The van der Waals surface area contributed by atoms with Crippen molar-refractivity contribution in [2.75, 3.05) is 13.2 Å². The van der Waals surface area contributed by atoms with Crippen molar-refractivity contribution in [3.63, 3.8) is 0 Å². The average Bonchev–Trinajstić information content (AvgIpc) is 2.43. The fourth-order valence-electron chi connectivity index (χ4n) is 2.89. The summed E-state index contributed by atoms with van der Waals surface area (Å²) in [7, 11) is 0. The molecule has 1 fully saturated rings. The highest BCUT2D eigenvalue weighted by Gasteiger charge is 2.35. The lowest BCUT2D eigenvalue weighted by Gasteiger charge is -2.40. The van der Waals surface area contributed by atoms with Crippen molar-refractivity contribution in [3.8, 4) is 0 Å². The molecule has 20 heavy (non-hydrogen) atoms. The molecule has 2 nitrogen and oxygen atoms in total. The summed E-state index contributed by atoms with van der Waals surface area (Å²) >= 11 is 1.45. The highest BCUT2D eigenvalue weighted by Crippen LogP contribution is 2.39. The van der Waals surface area contributed by atoms with Crippen molar-refractivity contribution in [2.45, 2.75) is 48.3 Å². The molecule has 0 radical (unpaired) electrons. The molecule has 1 aromatic rings. The summed E-state index contributed by atoms with van der Waals surface area (Å²) in [5, 5.41) is 13.3. The van der Waals surface area contributed by atoms with Gasteiger partial charge in [0.2, 0.25) is 0 Å². The van der Waals surface area contributed by atoms with Crippen LogP contribution in [0.1, 0.15) is 32.6 Å². The van der Waals surface area contributed by atoms with E-state index in [2.05, 4.69) is 5.32 Å². The van der Waals surface area contributed by atoms with Gasteiger partial charge in [0, 0.05) is 21.8 Å². The smallest absolute Gasteiger partial charge is 0.139 e. The van der Waals surface area contributed by atoms with Gasteiger partial charge in [-0.25, -0.2) is 8.78 Å². The third-order valence-corrected chi connectivity index (χ3v) is 5.16. The van der Waals surface area contributed by atoms with Gasteiger partial charge in [-0.15, -0.1) is 11.8 Å². The van der Waals surface area contributed by atoms with E-state index in [1.54, 1.807) is 0 Å². The summed E-state index contributed by atoms with van der Waals surface area (Å²) in [4.78, 5) is 0.488. The molecule has 0 aliphatic heterocycles. The molecule has 0 heterocycles. The molecule has 2 unspecified atom stereocenters. The minimum atomic E-state index is -0.548. The van der Waals surface area contributed by atoms with Crippen molar-refractivity contribution in [1.82, 2.24) is 5.32 Å². The van der Waals surface area contributed by atoms with E-state index in [1.165, 1.54) is 23.9 Å². The highest BCUT2D eigenvalue weighted by atomic mass is 32.2. The molecule has 1 aliphatic carbocycles. The first kappa shape index (κ1) is 15.7. The van der Waals surface area contributed by atoms with Crippen LogP contribution in [0.15, 0.2) is 23.1 Å². The van der Waals surface area contributed by atoms with E-state index in [4.69, 9.17) is 0 Å². The van der Waals surface area contributed by atoms with E-state index >= 15 is 0 Å². The van der Waals surface area contributed by atoms with Crippen molar-refractivity contribution < 1.29 is 13.9 Å². The fraction of sp³-hybridized carbons (Fsp3) is 0.600. The lowest BCUT2D eigenvalue weighted by molar-refractivity contribution is 0.125. The number of hydrogen-bond acceptors (Lipinski definition) is 3. The van der Waals surface area contributed by atoms with Crippen molar-refractivity contribution in [3.05, 3.63) is 29.8 Å². The lowest BCUT2D eigenvalue weighted by Crippen LogP contribution is -2.52. The average molecular weight is 301 g/mol. The van der Waals surface area contributed by atoms with Crippen LogP contribution in [0.2, 0.25) is 0 Å². The molecule has 2 rings (SSSR count). The molecule has 0 aromatic heterocycles. The SMILES string of the molecule is CCNC1(CO)CCCC(Sc2ccc(F)cc2F)C1. The van der Waals surface area contributed by atoms with Crippen molar-refractivity contribution >= 4 is 11.8 Å². The molecule has 0 bridgehead atoms. The molecule has 5 heteroatoms. The number of halogens is 2. The maximum Gasteiger partial charge on any atom is 0.139 e. The quantitative estimate of drug-likeness (QED) is 0.875. The predicted molar refractivity (Wildman–Crippen MR) is 78.0 cm³/mol. The molecule has 112 valence electrons. The number of thioether (sulfide) groups is 1. The number of nitrogens with one attached hydrogen (secondary N) is 1. The Kier molecular flexibility index (Phi) is 5.41. The predicted octanol–water partition coefficient (Wildman–Crippen LogP) is 3.34. The van der Waals surface area contributed by atoms with Crippen LogP contribution in [0.3, 0.4) is 0 Å². The van der Waals surface area contributed by atoms with E-state index in [-0.39, 0.29) is 17.4 Å². The lowest BCUT2D eigenvalue weighted by atomic mass is 9.82. The Hall–Kier alpha value is -0.650. The van der Waals surface area contributed by atoms with Crippen LogP contribution in [0.25, 0.3) is 0 Å². The molecule has 0 amide bonds. The Morgan fingerprint density at radius 1 is 1.45 bits per heavy atom. The Morgan fingerprint density at radius 3 is 2.90 bits per heavy atom. The maximum absolute atomic E-state index is 13.7. The van der Waals surface area contributed by atoms with Gasteiger partial charge in [-0.3, -0.25) is 0 Å². The van der Waals surface area contributed by atoms with Crippen LogP contribution in [0, 0.1) is 11.6 Å². The van der Waals surface area contributed by atoms with Crippen LogP contribution in [-0.2, 0) is 0 Å². The Morgan fingerprint density at radius 2 is 2.25 bits per heavy atom. The van der Waals surface area contributed by atoms with Gasteiger partial charge in [0.05, 0.1) is 6.61 Å². The van der Waals surface area contributed by atoms with Gasteiger partial charge in [-0.1, -0.05) is 13.3 Å². The highest BCUT2D eigenvalue weighted by molar-refractivity contribution is 8.00. The van der Waals surface area contributed by atoms with Crippen molar-refractivity contribution in [2.24, 2.45) is 0 Å². The number of aliphatic hydroxyl groups excluding tert-OH is 1. The van der Waals surface area contributed by atoms with E-state index in [1.807, 2.05) is 6.92 Å². The van der Waals surface area contributed by atoms with Gasteiger partial charge >= 0.3 is 0 Å². The standard InChI is InChI=1S/C15H21F2NOS/c1-2-18-15(10-19)7-3-4-12(9-15)20-14-6-5-11(16)8-13(14)17/h5-6,8,12,18-19H,2-4,7,9-10H2,1H3. The third kappa shape index (κ3) is 3.71. The molecule has 0 spiro atoms. The summed E-state index contributed by atoms with van der Waals surface area (Å²) in [6, 6.07) is 3.71. The first-order valence-corrected chi connectivity index (χ1v) is 7.94. The van der Waals surface area contributed by atoms with Crippen LogP contribution in [0.4, 0.5) is 8.78 Å². The fourth-order valence-corrected chi connectivity index (χ4v) is 4.26. The molecule has 2 atom stereocenters. The minimum Gasteiger partial charge on any atom is -0.394 e. The van der Waals surface area contributed by atoms with E-state index < -0.39 is 11.6 Å². The Bertz CT molecular complexity index is 453. The van der Waals surface area contributed by atoms with E-state index in [0.717, 1.165) is 38.3 Å². The summed E-state index contributed by atoms with van der Waals surface area (Å²) < 4.78 is 26.6. The monoisotopic (exact) mass is 301 g/mol. The Labute approximate surface area is 123 Å². The second kappa shape index (κ2) is 6.87. The largest absolute Gasteiger partial charge is 0.394 e. The number of benzene rings is 1. The van der Waals surface area contributed by atoms with Crippen molar-refractivity contribution in [1.29, 1.82) is 0 Å². The normalized spacial score (nSPS) is 26.7. The number of likely N-dealkylation sites (N-methyl/N-ethyl adjacent to an activating group) is 1. The topological polar surface area (TPSA) is 32.3 Å². The molecule has 1 aliphatic rings. The van der Waals surface area contributed by atoms with Gasteiger partial charge in [0.15, 0.2) is 0 Å². The van der Waals surface area contributed by atoms with Gasteiger partial charge in [0.1, 0.15) is 11.6 Å². The molecule has 0 saturated heterocycles. The third-order valence-electron chi connectivity index (χ3n) is 3.84.